The molecule has 0 bridgehead atoms. The fraction of sp³-hybridized carbons (Fsp3) is 0.434. The molecular weight excluding hydrogens is 870 g/mol. The minimum atomic E-state index is 0. The smallest absolute Gasteiger partial charge is 1.00 e. The maximum Gasteiger partial charge on any atom is -1.00 e. The zero-order valence-corrected chi connectivity index (χ0v) is 43.4. The summed E-state index contributed by atoms with van der Waals surface area (Å²) in [7, 11) is 0. The van der Waals surface area contributed by atoms with Crippen LogP contribution in [0.25, 0.3) is 21.5 Å². The largest absolute Gasteiger partial charge is 1.00 e. The maximum absolute atomic E-state index is 5.98. The summed E-state index contributed by atoms with van der Waals surface area (Å²) in [6.07, 6.45) is 9.00. The van der Waals surface area contributed by atoms with Crippen molar-refractivity contribution < 1.29 is 49.0 Å². The molecule has 0 aromatic heterocycles. The molecule has 312 valence electrons. The summed E-state index contributed by atoms with van der Waals surface area (Å²) in [5, 5.41) is 7.10. The van der Waals surface area contributed by atoms with Crippen LogP contribution in [-0.2, 0) is 45.9 Å². The van der Waals surface area contributed by atoms with E-state index >= 15 is 0 Å². The Kier molecular flexibility index (Phi) is 17.9. The van der Waals surface area contributed by atoms with Crippen molar-refractivity contribution in [3.8, 4) is 0 Å². The first-order valence-corrected chi connectivity index (χ1v) is 22.2. The van der Waals surface area contributed by atoms with Crippen LogP contribution in [-0.4, -0.2) is 3.21 Å². The van der Waals surface area contributed by atoms with Gasteiger partial charge in [-0.3, -0.25) is 6.08 Å². The van der Waals surface area contributed by atoms with Gasteiger partial charge in [0.25, 0.3) is 0 Å². The first kappa shape index (κ1) is 52.3. The molecule has 0 aliphatic heterocycles. The van der Waals surface area contributed by atoms with Crippen LogP contribution in [0.3, 0.4) is 0 Å². The van der Waals surface area contributed by atoms with Gasteiger partial charge in [-0.2, -0.15) is 11.6 Å². The number of hydrogen-bond acceptors (Lipinski definition) is 0. The van der Waals surface area contributed by atoms with Gasteiger partial charge in [-0.15, -0.1) is 39.7 Å². The van der Waals surface area contributed by atoms with E-state index in [0.717, 1.165) is 21.2 Å². The number of halogens is 4. The Morgan fingerprint density at radius 3 is 1.21 bits per heavy atom. The zero-order valence-electron chi connectivity index (χ0n) is 38.0. The van der Waals surface area contributed by atoms with Crippen molar-refractivity contribution in [2.45, 2.75) is 139 Å². The standard InChI is InChI=1S/C29H41.C13H8Cl2.C11H17.2ClH.Zr/c1-26(2,3)22-14-18-13-19-15-23(27(4,5)6)25(29(10,11)12)17-21(19)20(18)16-24(22)28(7,8)9;14-12-5-1-3-10(8-12)7-11-4-2-6-13(15)9-11;1-5-9-6-7-10(8-9)11(2,3)4;;;/h13-17H,1-12H3;1-6,8-9H;7-9H,5H2,1-4H3;2*1H;/q-1;;-1;;;+2/p-2. The van der Waals surface area contributed by atoms with Gasteiger partial charge in [0.2, 0.25) is 0 Å². The number of allylic oxidation sites excluding steroid dienone is 4. The fourth-order valence-electron chi connectivity index (χ4n) is 7.25. The first-order chi connectivity index (χ1) is 25.6. The van der Waals surface area contributed by atoms with Crippen molar-refractivity contribution in [1.82, 2.24) is 0 Å². The second-order valence-electron chi connectivity index (χ2n) is 20.7. The van der Waals surface area contributed by atoms with E-state index in [1.807, 2.05) is 36.4 Å². The predicted octanol–water partition coefficient (Wildman–Crippen LogP) is 10.4. The topological polar surface area (TPSA) is 0 Å². The van der Waals surface area contributed by atoms with Crippen molar-refractivity contribution in [1.29, 1.82) is 0 Å². The average molecular weight is 936 g/mol. The molecule has 5 heteroatoms. The van der Waals surface area contributed by atoms with Gasteiger partial charge in [-0.1, -0.05) is 163 Å². The van der Waals surface area contributed by atoms with Crippen LogP contribution in [0.1, 0.15) is 151 Å². The van der Waals surface area contributed by atoms with E-state index in [2.05, 4.69) is 171 Å². The fourth-order valence-corrected chi connectivity index (χ4v) is 8.40. The molecule has 0 radical (unpaired) electrons. The molecule has 0 N–H and O–H groups in total. The molecule has 1 aliphatic carbocycles. The van der Waals surface area contributed by atoms with Crippen molar-refractivity contribution in [2.24, 2.45) is 11.3 Å². The second-order valence-corrected chi connectivity index (χ2v) is 22.8. The Balaban J connectivity index is 0.000000336. The molecule has 0 spiro atoms. The zero-order chi connectivity index (χ0) is 42.2. The Bertz CT molecular complexity index is 2110. The molecule has 0 nitrogen and oxygen atoms in total. The molecule has 0 saturated carbocycles. The van der Waals surface area contributed by atoms with Gasteiger partial charge in [-0.05, 0) is 21.7 Å². The summed E-state index contributed by atoms with van der Waals surface area (Å²) < 4.78 is 1.26. The third-order valence-electron chi connectivity index (χ3n) is 10.6. The maximum atomic E-state index is 5.98. The van der Waals surface area contributed by atoms with E-state index in [1.54, 1.807) is 0 Å². The summed E-state index contributed by atoms with van der Waals surface area (Å²) in [5.41, 5.74) is 10.5. The summed E-state index contributed by atoms with van der Waals surface area (Å²) in [6, 6.07) is 28.1. The number of benzene rings is 4. The van der Waals surface area contributed by atoms with E-state index in [1.165, 1.54) is 83.2 Å². The van der Waals surface area contributed by atoms with Gasteiger partial charge >= 0.3 is 120 Å². The molecular formula is C53H66Cl4Zr-2. The molecule has 5 aromatic carbocycles. The van der Waals surface area contributed by atoms with Crippen molar-refractivity contribution in [3.63, 3.8) is 0 Å². The summed E-state index contributed by atoms with van der Waals surface area (Å²) >= 11 is 13.3. The van der Waals surface area contributed by atoms with Crippen molar-refractivity contribution in [3.05, 3.63) is 146 Å². The van der Waals surface area contributed by atoms with Gasteiger partial charge in [0.1, 0.15) is 0 Å². The van der Waals surface area contributed by atoms with Crippen LogP contribution >= 0.6 is 23.2 Å². The molecule has 0 amide bonds. The number of fused-ring (bicyclic) bond motifs is 3. The molecule has 5 aromatic rings. The monoisotopic (exact) mass is 932 g/mol. The van der Waals surface area contributed by atoms with Crippen LogP contribution in [0, 0.1) is 17.4 Å². The Labute approximate surface area is 390 Å². The number of hydrogen-bond donors (Lipinski definition) is 0. The molecule has 1 atom stereocenters. The van der Waals surface area contributed by atoms with Crippen LogP contribution in [0.5, 0.6) is 0 Å². The molecule has 6 rings (SSSR count). The molecule has 0 saturated heterocycles. The normalized spacial score (nSPS) is 14.5. The van der Waals surface area contributed by atoms with Crippen molar-refractivity contribution in [2.75, 3.05) is 0 Å². The van der Waals surface area contributed by atoms with Gasteiger partial charge in [0.05, 0.1) is 0 Å². The SMILES string of the molecule is CC(C)(C)c1cc2[cH-]c3cc(C(C)(C)C)c(C(C)(C)C)cc3c2cc1C(C)(C)C.CCC1[C-]=CC(C(C)(C)C)=C1.Clc1cccc([C](=[Zr+2])c2cccc(Cl)c2)c1.[Cl-].[Cl-]. The molecule has 1 aliphatic rings. The Morgan fingerprint density at radius 2 is 0.931 bits per heavy atom. The van der Waals surface area contributed by atoms with E-state index < -0.39 is 0 Å². The first-order valence-electron chi connectivity index (χ1n) is 20.3. The van der Waals surface area contributed by atoms with Crippen molar-refractivity contribution >= 4 is 48.0 Å². The average Bonchev–Trinajstić information content (AvgIpc) is 3.71. The summed E-state index contributed by atoms with van der Waals surface area (Å²) in [6.45, 7) is 37.0. The van der Waals surface area contributed by atoms with Crippen LogP contribution in [0.2, 0.25) is 10.0 Å². The summed E-state index contributed by atoms with van der Waals surface area (Å²) in [4.78, 5) is 0. The van der Waals surface area contributed by atoms with Crippen LogP contribution in [0.15, 0.2) is 96.6 Å². The third-order valence-corrected chi connectivity index (χ3v) is 12.5. The van der Waals surface area contributed by atoms with Gasteiger partial charge < -0.3 is 24.8 Å². The minimum Gasteiger partial charge on any atom is -1.00 e. The van der Waals surface area contributed by atoms with Crippen LogP contribution < -0.4 is 24.8 Å². The molecule has 1 unspecified atom stereocenters. The van der Waals surface area contributed by atoms with Crippen LogP contribution in [0.4, 0.5) is 0 Å². The van der Waals surface area contributed by atoms with Gasteiger partial charge in [0.15, 0.2) is 0 Å². The Morgan fingerprint density at radius 1 is 0.569 bits per heavy atom. The molecule has 0 heterocycles. The Hall–Kier alpha value is -1.86. The van der Waals surface area contributed by atoms with Gasteiger partial charge in [-0.25, -0.2) is 6.08 Å². The quantitative estimate of drug-likeness (QED) is 0.158. The molecule has 58 heavy (non-hydrogen) atoms. The van der Waals surface area contributed by atoms with E-state index in [9.17, 15) is 0 Å². The molecule has 0 fully saturated rings. The van der Waals surface area contributed by atoms with E-state index in [-0.39, 0.29) is 46.5 Å². The van der Waals surface area contributed by atoms with E-state index in [4.69, 9.17) is 23.2 Å². The summed E-state index contributed by atoms with van der Waals surface area (Å²) in [5.74, 6) is 0.573. The minimum absolute atomic E-state index is 0. The second kappa shape index (κ2) is 19.9. The van der Waals surface area contributed by atoms with Gasteiger partial charge in [0, 0.05) is 0 Å². The van der Waals surface area contributed by atoms with E-state index in [0.29, 0.717) is 11.3 Å². The number of rotatable bonds is 3. The third kappa shape index (κ3) is 13.3. The predicted molar refractivity (Wildman–Crippen MR) is 247 cm³/mol.